The Labute approximate surface area is 139 Å². The number of para-hydroxylation sites is 1. The van der Waals surface area contributed by atoms with E-state index in [9.17, 15) is 0 Å². The van der Waals surface area contributed by atoms with E-state index >= 15 is 0 Å². The summed E-state index contributed by atoms with van der Waals surface area (Å²) in [6.07, 6.45) is 3.43. The van der Waals surface area contributed by atoms with Crippen LogP contribution in [-0.2, 0) is 0 Å². The molecule has 3 aromatic rings. The van der Waals surface area contributed by atoms with Gasteiger partial charge in [-0.3, -0.25) is 0 Å². The van der Waals surface area contributed by atoms with E-state index in [1.54, 1.807) is 11.0 Å². The minimum Gasteiger partial charge on any atom is -0.353 e. The molecule has 0 amide bonds. The number of halogens is 1. The zero-order valence-electron chi connectivity index (χ0n) is 12.9. The predicted octanol–water partition coefficient (Wildman–Crippen LogP) is 2.22. The number of hydrogen-bond acceptors (Lipinski definition) is 5. The molecule has 0 unspecified atom stereocenters. The molecule has 0 atom stereocenters. The van der Waals surface area contributed by atoms with E-state index in [2.05, 4.69) is 31.9 Å². The van der Waals surface area contributed by atoms with Gasteiger partial charge in [0, 0.05) is 26.2 Å². The van der Waals surface area contributed by atoms with Crippen molar-refractivity contribution >= 4 is 28.5 Å². The number of piperazine rings is 1. The SMILES string of the molecule is CN1CCN(c2ncnc3c2cnn3-c2ccccc2Cl)CC1. The molecule has 0 spiro atoms. The van der Waals surface area contributed by atoms with Gasteiger partial charge in [0.05, 0.1) is 22.3 Å². The van der Waals surface area contributed by atoms with Gasteiger partial charge in [-0.25, -0.2) is 14.6 Å². The summed E-state index contributed by atoms with van der Waals surface area (Å²) < 4.78 is 1.78. The third-order valence-corrected chi connectivity index (χ3v) is 4.55. The van der Waals surface area contributed by atoms with Crippen LogP contribution < -0.4 is 4.90 Å². The first-order valence-electron chi connectivity index (χ1n) is 7.61. The summed E-state index contributed by atoms with van der Waals surface area (Å²) in [5.74, 6) is 0.946. The van der Waals surface area contributed by atoms with Gasteiger partial charge in [0.1, 0.15) is 12.1 Å². The van der Waals surface area contributed by atoms with Crippen molar-refractivity contribution in [3.63, 3.8) is 0 Å². The van der Waals surface area contributed by atoms with Crippen LogP contribution in [0.15, 0.2) is 36.8 Å². The Morgan fingerprint density at radius 3 is 2.61 bits per heavy atom. The van der Waals surface area contributed by atoms with Gasteiger partial charge in [-0.2, -0.15) is 5.10 Å². The second-order valence-electron chi connectivity index (χ2n) is 5.73. The standard InChI is InChI=1S/C16H17ClN6/c1-21-6-8-22(9-7-21)15-12-10-20-23(16(12)19-11-18-15)14-5-3-2-4-13(14)17/h2-5,10-11H,6-9H2,1H3. The van der Waals surface area contributed by atoms with E-state index in [0.717, 1.165) is 48.7 Å². The van der Waals surface area contributed by atoms with E-state index in [1.807, 2.05) is 30.5 Å². The molecule has 1 saturated heterocycles. The van der Waals surface area contributed by atoms with Crippen molar-refractivity contribution in [2.45, 2.75) is 0 Å². The topological polar surface area (TPSA) is 50.1 Å². The van der Waals surface area contributed by atoms with Gasteiger partial charge in [-0.05, 0) is 19.2 Å². The van der Waals surface area contributed by atoms with E-state index in [4.69, 9.17) is 11.6 Å². The Balaban J connectivity index is 1.80. The zero-order chi connectivity index (χ0) is 15.8. The molecule has 3 heterocycles. The normalized spacial score (nSPS) is 16.2. The molecule has 0 N–H and O–H groups in total. The fourth-order valence-electron chi connectivity index (χ4n) is 2.90. The fraction of sp³-hybridized carbons (Fsp3) is 0.312. The van der Waals surface area contributed by atoms with Crippen LogP contribution in [0.1, 0.15) is 0 Å². The maximum absolute atomic E-state index is 6.30. The highest BCUT2D eigenvalue weighted by Gasteiger charge is 2.20. The number of benzene rings is 1. The molecule has 1 fully saturated rings. The Kier molecular flexibility index (Phi) is 3.63. The van der Waals surface area contributed by atoms with Crippen LogP contribution >= 0.6 is 11.6 Å². The molecule has 0 radical (unpaired) electrons. The maximum atomic E-state index is 6.30. The van der Waals surface area contributed by atoms with Gasteiger partial charge in [0.15, 0.2) is 5.65 Å². The second-order valence-corrected chi connectivity index (χ2v) is 6.14. The van der Waals surface area contributed by atoms with Crippen LogP contribution in [0, 0.1) is 0 Å². The van der Waals surface area contributed by atoms with Crippen molar-refractivity contribution in [3.05, 3.63) is 41.8 Å². The van der Waals surface area contributed by atoms with Crippen molar-refractivity contribution in [3.8, 4) is 5.69 Å². The smallest absolute Gasteiger partial charge is 0.168 e. The third kappa shape index (κ3) is 2.54. The highest BCUT2D eigenvalue weighted by Crippen LogP contribution is 2.27. The number of aromatic nitrogens is 4. The van der Waals surface area contributed by atoms with Crippen LogP contribution in [0.25, 0.3) is 16.7 Å². The minimum absolute atomic E-state index is 0.650. The molecular formula is C16H17ClN6. The van der Waals surface area contributed by atoms with E-state index in [1.165, 1.54) is 0 Å². The van der Waals surface area contributed by atoms with E-state index < -0.39 is 0 Å². The first kappa shape index (κ1) is 14.4. The molecule has 0 bridgehead atoms. The minimum atomic E-state index is 0.650. The lowest BCUT2D eigenvalue weighted by molar-refractivity contribution is 0.312. The third-order valence-electron chi connectivity index (χ3n) is 4.23. The second kappa shape index (κ2) is 5.79. The molecule has 1 aliphatic heterocycles. The molecule has 1 aromatic carbocycles. The summed E-state index contributed by atoms with van der Waals surface area (Å²) in [5, 5.41) is 6.10. The summed E-state index contributed by atoms with van der Waals surface area (Å²) in [6.45, 7) is 3.98. The molecule has 0 aliphatic carbocycles. The summed E-state index contributed by atoms with van der Waals surface area (Å²) in [7, 11) is 2.14. The molecule has 1 aliphatic rings. The summed E-state index contributed by atoms with van der Waals surface area (Å²) in [4.78, 5) is 13.5. The molecule has 6 nitrogen and oxygen atoms in total. The summed E-state index contributed by atoms with van der Waals surface area (Å²) in [6, 6.07) is 7.64. The van der Waals surface area contributed by atoms with Crippen molar-refractivity contribution < 1.29 is 0 Å². The van der Waals surface area contributed by atoms with Crippen molar-refractivity contribution in [1.82, 2.24) is 24.6 Å². The van der Waals surface area contributed by atoms with Gasteiger partial charge in [0.2, 0.25) is 0 Å². The van der Waals surface area contributed by atoms with Gasteiger partial charge in [0.25, 0.3) is 0 Å². The van der Waals surface area contributed by atoms with Crippen LogP contribution in [0.2, 0.25) is 5.02 Å². The van der Waals surface area contributed by atoms with Gasteiger partial charge in [-0.15, -0.1) is 0 Å². The van der Waals surface area contributed by atoms with Crippen molar-refractivity contribution in [2.24, 2.45) is 0 Å². The van der Waals surface area contributed by atoms with Crippen LogP contribution in [0.4, 0.5) is 5.82 Å². The Morgan fingerprint density at radius 2 is 1.83 bits per heavy atom. The van der Waals surface area contributed by atoms with Gasteiger partial charge < -0.3 is 9.80 Å². The highest BCUT2D eigenvalue weighted by atomic mass is 35.5. The lowest BCUT2D eigenvalue weighted by atomic mass is 10.3. The van der Waals surface area contributed by atoms with Gasteiger partial charge in [-0.1, -0.05) is 23.7 Å². The number of anilines is 1. The molecule has 23 heavy (non-hydrogen) atoms. The number of fused-ring (bicyclic) bond motifs is 1. The largest absolute Gasteiger partial charge is 0.353 e. The monoisotopic (exact) mass is 328 g/mol. The average molecular weight is 329 g/mol. The first-order chi connectivity index (χ1) is 11.2. The number of likely N-dealkylation sites (N-methyl/N-ethyl adjacent to an activating group) is 1. The average Bonchev–Trinajstić information content (AvgIpc) is 3.00. The van der Waals surface area contributed by atoms with Crippen molar-refractivity contribution in [1.29, 1.82) is 0 Å². The Bertz CT molecular complexity index is 837. The molecular weight excluding hydrogens is 312 g/mol. The Morgan fingerprint density at radius 1 is 1.04 bits per heavy atom. The number of nitrogens with zero attached hydrogens (tertiary/aromatic N) is 6. The van der Waals surface area contributed by atoms with Crippen LogP contribution in [0.3, 0.4) is 0 Å². The molecule has 4 rings (SSSR count). The lowest BCUT2D eigenvalue weighted by Crippen LogP contribution is -2.44. The van der Waals surface area contributed by atoms with E-state index in [-0.39, 0.29) is 0 Å². The first-order valence-corrected chi connectivity index (χ1v) is 7.99. The molecule has 0 saturated carbocycles. The molecule has 2 aromatic heterocycles. The quantitative estimate of drug-likeness (QED) is 0.722. The Hall–Kier alpha value is -2.18. The summed E-state index contributed by atoms with van der Waals surface area (Å²) >= 11 is 6.30. The fourth-order valence-corrected chi connectivity index (χ4v) is 3.12. The van der Waals surface area contributed by atoms with Crippen molar-refractivity contribution in [2.75, 3.05) is 38.1 Å². The lowest BCUT2D eigenvalue weighted by Gasteiger charge is -2.33. The zero-order valence-corrected chi connectivity index (χ0v) is 13.6. The van der Waals surface area contributed by atoms with Crippen LogP contribution in [0.5, 0.6) is 0 Å². The molecule has 7 heteroatoms. The maximum Gasteiger partial charge on any atom is 0.168 e. The number of hydrogen-bond donors (Lipinski definition) is 0. The number of rotatable bonds is 2. The molecule has 118 valence electrons. The van der Waals surface area contributed by atoms with E-state index in [0.29, 0.717) is 5.02 Å². The summed E-state index contributed by atoms with van der Waals surface area (Å²) in [5.41, 5.74) is 1.61. The predicted molar refractivity (Wildman–Crippen MR) is 91.4 cm³/mol. The highest BCUT2D eigenvalue weighted by molar-refractivity contribution is 6.32. The van der Waals surface area contributed by atoms with Crippen LogP contribution in [-0.4, -0.2) is 57.9 Å². The van der Waals surface area contributed by atoms with Gasteiger partial charge >= 0.3 is 0 Å².